The number of amides is 1. The van der Waals surface area contributed by atoms with E-state index in [2.05, 4.69) is 25.9 Å². The quantitative estimate of drug-likeness (QED) is 0.445. The molecule has 7 nitrogen and oxygen atoms in total. The fourth-order valence-corrected chi connectivity index (χ4v) is 3.13. The van der Waals surface area contributed by atoms with Crippen molar-refractivity contribution in [1.29, 1.82) is 0 Å². The summed E-state index contributed by atoms with van der Waals surface area (Å²) >= 11 is 6.10. The van der Waals surface area contributed by atoms with Gasteiger partial charge in [0.2, 0.25) is 5.82 Å². The Morgan fingerprint density at radius 1 is 1.10 bits per heavy atom. The lowest BCUT2D eigenvalue weighted by Gasteiger charge is -2.17. The molecule has 0 aliphatic rings. The molecule has 0 spiro atoms. The predicted molar refractivity (Wildman–Crippen MR) is 113 cm³/mol. The number of benzene rings is 3. The smallest absolute Gasteiger partial charge is 0.255 e. The van der Waals surface area contributed by atoms with Gasteiger partial charge in [-0.2, -0.15) is 5.21 Å². The Bertz CT molecular complexity index is 1180. The maximum absolute atomic E-state index is 13.1. The summed E-state index contributed by atoms with van der Waals surface area (Å²) in [5, 5.41) is 17.2. The number of carbonyl (C=O) groups is 1. The Kier molecular flexibility index (Phi) is 5.90. The van der Waals surface area contributed by atoms with Gasteiger partial charge >= 0.3 is 0 Å². The van der Waals surface area contributed by atoms with Gasteiger partial charge in [0.05, 0.1) is 11.6 Å². The first kappa shape index (κ1) is 20.5. The van der Waals surface area contributed by atoms with E-state index in [4.69, 9.17) is 16.3 Å². The van der Waals surface area contributed by atoms with Crippen molar-refractivity contribution in [2.45, 2.75) is 13.0 Å². The highest BCUT2D eigenvalue weighted by Gasteiger charge is 2.17. The number of tetrazole rings is 1. The molecule has 156 valence electrons. The molecule has 3 aromatic carbocycles. The molecule has 9 heteroatoms. The average molecular weight is 438 g/mol. The Morgan fingerprint density at radius 3 is 2.52 bits per heavy atom. The van der Waals surface area contributed by atoms with Gasteiger partial charge in [-0.3, -0.25) is 4.79 Å². The number of H-pyrrole nitrogens is 1. The van der Waals surface area contributed by atoms with E-state index < -0.39 is 0 Å². The highest BCUT2D eigenvalue weighted by molar-refractivity contribution is 6.31. The summed E-state index contributed by atoms with van der Waals surface area (Å²) in [6, 6.07) is 17.5. The summed E-state index contributed by atoms with van der Waals surface area (Å²) < 4.78 is 18.9. The summed E-state index contributed by atoms with van der Waals surface area (Å²) in [4.78, 5) is 13.0. The maximum atomic E-state index is 13.1. The largest absolute Gasteiger partial charge is 0.457 e. The van der Waals surface area contributed by atoms with E-state index in [9.17, 15) is 9.18 Å². The van der Waals surface area contributed by atoms with Crippen molar-refractivity contribution in [2.24, 2.45) is 0 Å². The molecule has 0 aliphatic heterocycles. The third-order valence-corrected chi connectivity index (χ3v) is 4.82. The highest BCUT2D eigenvalue weighted by atomic mass is 35.5. The van der Waals surface area contributed by atoms with Gasteiger partial charge in [-0.1, -0.05) is 35.9 Å². The fraction of sp³-hybridized carbons (Fsp3) is 0.0909. The fourth-order valence-electron chi connectivity index (χ4n) is 2.96. The van der Waals surface area contributed by atoms with Crippen LogP contribution in [0.2, 0.25) is 5.02 Å². The van der Waals surface area contributed by atoms with Crippen LogP contribution >= 0.6 is 11.6 Å². The Hall–Kier alpha value is -3.78. The zero-order chi connectivity index (χ0) is 21.8. The van der Waals surface area contributed by atoms with Gasteiger partial charge in [0, 0.05) is 10.6 Å². The number of aromatic nitrogens is 4. The molecule has 31 heavy (non-hydrogen) atoms. The molecule has 0 radical (unpaired) electrons. The molecule has 1 heterocycles. The van der Waals surface area contributed by atoms with Gasteiger partial charge in [-0.25, -0.2) is 4.39 Å². The van der Waals surface area contributed by atoms with Gasteiger partial charge < -0.3 is 10.1 Å². The summed E-state index contributed by atoms with van der Waals surface area (Å²) in [5.41, 5.74) is 1.97. The first-order valence-electron chi connectivity index (χ1n) is 9.37. The van der Waals surface area contributed by atoms with E-state index in [0.29, 0.717) is 22.3 Å². The van der Waals surface area contributed by atoms with Crippen LogP contribution in [-0.4, -0.2) is 26.5 Å². The molecule has 0 fully saturated rings. The Morgan fingerprint density at radius 2 is 1.84 bits per heavy atom. The number of aromatic amines is 1. The third kappa shape index (κ3) is 4.87. The van der Waals surface area contributed by atoms with Gasteiger partial charge in [0.1, 0.15) is 17.3 Å². The molecule has 1 amide bonds. The van der Waals surface area contributed by atoms with Crippen molar-refractivity contribution >= 4 is 17.5 Å². The Labute approximate surface area is 182 Å². The van der Waals surface area contributed by atoms with Gasteiger partial charge in [0.15, 0.2) is 0 Å². The van der Waals surface area contributed by atoms with Crippen molar-refractivity contribution in [3.8, 4) is 22.9 Å². The van der Waals surface area contributed by atoms with E-state index in [1.165, 1.54) is 30.3 Å². The minimum Gasteiger partial charge on any atom is -0.457 e. The van der Waals surface area contributed by atoms with Crippen LogP contribution in [0.15, 0.2) is 66.7 Å². The second-order valence-corrected chi connectivity index (χ2v) is 7.19. The highest BCUT2D eigenvalue weighted by Crippen LogP contribution is 2.29. The molecule has 0 aliphatic carbocycles. The molecule has 0 saturated heterocycles. The van der Waals surface area contributed by atoms with Gasteiger partial charge in [0.25, 0.3) is 5.91 Å². The maximum Gasteiger partial charge on any atom is 0.255 e. The zero-order valence-corrected chi connectivity index (χ0v) is 17.1. The normalized spacial score (nSPS) is 11.7. The van der Waals surface area contributed by atoms with Crippen LogP contribution in [0.3, 0.4) is 0 Å². The zero-order valence-electron chi connectivity index (χ0n) is 16.3. The van der Waals surface area contributed by atoms with E-state index in [1.54, 1.807) is 12.1 Å². The van der Waals surface area contributed by atoms with Crippen molar-refractivity contribution in [3.05, 3.63) is 88.7 Å². The second kappa shape index (κ2) is 8.93. The summed E-state index contributed by atoms with van der Waals surface area (Å²) in [5.74, 6) is 0.482. The van der Waals surface area contributed by atoms with E-state index >= 15 is 0 Å². The molecule has 2 N–H and O–H groups in total. The van der Waals surface area contributed by atoms with Gasteiger partial charge in [-0.15, -0.1) is 10.2 Å². The molecule has 1 aromatic heterocycles. The molecular formula is C22H17ClFN5O2. The minimum atomic E-state index is -0.374. The van der Waals surface area contributed by atoms with Crippen molar-refractivity contribution in [3.63, 3.8) is 0 Å². The van der Waals surface area contributed by atoms with Crippen molar-refractivity contribution < 1.29 is 13.9 Å². The van der Waals surface area contributed by atoms with Crippen molar-refractivity contribution in [1.82, 2.24) is 25.9 Å². The van der Waals surface area contributed by atoms with Crippen LogP contribution in [0.5, 0.6) is 11.5 Å². The number of nitrogens with zero attached hydrogens (tertiary/aromatic N) is 3. The molecular weight excluding hydrogens is 421 g/mol. The number of hydrogen-bond acceptors (Lipinski definition) is 5. The third-order valence-electron chi connectivity index (χ3n) is 4.59. The number of nitrogens with one attached hydrogen (secondary N) is 2. The molecule has 1 unspecified atom stereocenters. The Balaban J connectivity index is 1.51. The molecule has 4 aromatic rings. The summed E-state index contributed by atoms with van der Waals surface area (Å²) in [6.45, 7) is 1.87. The molecule has 4 rings (SSSR count). The van der Waals surface area contributed by atoms with Crippen LogP contribution in [0.1, 0.15) is 28.9 Å². The summed E-state index contributed by atoms with van der Waals surface area (Å²) in [7, 11) is 0. The van der Waals surface area contributed by atoms with E-state index in [0.717, 1.165) is 11.1 Å². The lowest BCUT2D eigenvalue weighted by atomic mass is 10.0. The van der Waals surface area contributed by atoms with Crippen LogP contribution in [0.25, 0.3) is 11.4 Å². The number of ether oxygens (including phenoxy) is 1. The van der Waals surface area contributed by atoms with E-state index in [1.807, 2.05) is 31.2 Å². The minimum absolute atomic E-state index is 0.270. The second-order valence-electron chi connectivity index (χ2n) is 6.75. The number of halogens is 2. The van der Waals surface area contributed by atoms with Crippen LogP contribution in [0.4, 0.5) is 4.39 Å². The predicted octanol–water partition coefficient (Wildman–Crippen LogP) is 4.94. The van der Waals surface area contributed by atoms with Crippen LogP contribution in [0, 0.1) is 5.82 Å². The molecule has 1 atom stereocenters. The lowest BCUT2D eigenvalue weighted by Crippen LogP contribution is -2.27. The first-order chi connectivity index (χ1) is 15.0. The number of rotatable bonds is 6. The SMILES string of the molecule is CC(NC(=O)c1cc(Cl)ccc1Oc1ccc(F)cc1)c1ccc(-c2nn[nH]n2)cc1. The topological polar surface area (TPSA) is 92.8 Å². The molecule has 0 bridgehead atoms. The lowest BCUT2D eigenvalue weighted by molar-refractivity contribution is 0.0937. The summed E-state index contributed by atoms with van der Waals surface area (Å²) in [6.07, 6.45) is 0. The average Bonchev–Trinajstić information content (AvgIpc) is 3.31. The van der Waals surface area contributed by atoms with Crippen molar-refractivity contribution in [2.75, 3.05) is 0 Å². The first-order valence-corrected chi connectivity index (χ1v) is 9.75. The van der Waals surface area contributed by atoms with Crippen LogP contribution in [-0.2, 0) is 0 Å². The van der Waals surface area contributed by atoms with Crippen LogP contribution < -0.4 is 10.1 Å². The number of hydrogen-bond donors (Lipinski definition) is 2. The van der Waals surface area contributed by atoms with Gasteiger partial charge in [-0.05, 0) is 60.2 Å². The van der Waals surface area contributed by atoms with E-state index in [-0.39, 0.29) is 23.3 Å². The monoisotopic (exact) mass is 437 g/mol. The molecule has 0 saturated carbocycles. The standard InChI is InChI=1S/C22H17ClFN5O2/c1-13(14-2-4-15(5-3-14)21-26-28-29-27-21)25-22(30)19-12-16(23)6-11-20(19)31-18-9-7-17(24)8-10-18/h2-13H,1H3,(H,25,30)(H,26,27,28,29). The number of carbonyl (C=O) groups excluding carboxylic acids is 1.